The smallest absolute Gasteiger partial charge is 0.233 e. The molecule has 1 saturated carbocycles. The van der Waals surface area contributed by atoms with Crippen molar-refractivity contribution in [1.29, 1.82) is 0 Å². The summed E-state index contributed by atoms with van der Waals surface area (Å²) in [5.74, 6) is -0.512. The van der Waals surface area contributed by atoms with Crippen LogP contribution in [0.5, 0.6) is 0 Å². The van der Waals surface area contributed by atoms with Crippen molar-refractivity contribution in [2.24, 2.45) is 11.8 Å². The third-order valence-corrected chi connectivity index (χ3v) is 5.68. The summed E-state index contributed by atoms with van der Waals surface area (Å²) in [6.07, 6.45) is 4.69. The number of carbonyl (C=O) groups is 3. The summed E-state index contributed by atoms with van der Waals surface area (Å²) in [5, 5.41) is 2.89. The standard InChI is InChI=1S/C21H29N3O3/c1-23(16-8-3-2-4-9-16)14-7-13-22-19(25)12-15-24-20(26)17-10-5-6-11-18(17)21(24)27/h2-4,8-9,17-18H,5-7,10-15H2,1H3,(H,22,25)/t17-,18-/m0/s1. The van der Waals surface area contributed by atoms with E-state index in [4.69, 9.17) is 0 Å². The lowest BCUT2D eigenvalue weighted by Gasteiger charge is -2.19. The summed E-state index contributed by atoms with van der Waals surface area (Å²) in [6, 6.07) is 10.1. The van der Waals surface area contributed by atoms with Crippen LogP contribution in [0.3, 0.4) is 0 Å². The topological polar surface area (TPSA) is 69.7 Å². The van der Waals surface area contributed by atoms with Crippen molar-refractivity contribution in [3.8, 4) is 0 Å². The van der Waals surface area contributed by atoms with Crippen molar-refractivity contribution in [2.75, 3.05) is 31.6 Å². The van der Waals surface area contributed by atoms with Gasteiger partial charge in [-0.25, -0.2) is 0 Å². The molecule has 1 N–H and O–H groups in total. The van der Waals surface area contributed by atoms with Gasteiger partial charge in [0.15, 0.2) is 0 Å². The molecule has 0 unspecified atom stereocenters. The van der Waals surface area contributed by atoms with Gasteiger partial charge < -0.3 is 10.2 Å². The van der Waals surface area contributed by atoms with Crippen LogP contribution in [0.4, 0.5) is 5.69 Å². The lowest BCUT2D eigenvalue weighted by Crippen LogP contribution is -2.36. The number of rotatable bonds is 8. The van der Waals surface area contributed by atoms with Crippen molar-refractivity contribution in [1.82, 2.24) is 10.2 Å². The molecule has 2 aliphatic rings. The highest BCUT2D eigenvalue weighted by Gasteiger charge is 2.47. The molecule has 0 bridgehead atoms. The number of hydrogen-bond acceptors (Lipinski definition) is 4. The van der Waals surface area contributed by atoms with Gasteiger partial charge in [-0.15, -0.1) is 0 Å². The molecule has 146 valence electrons. The van der Waals surface area contributed by atoms with Crippen molar-refractivity contribution >= 4 is 23.4 Å². The Kier molecular flexibility index (Phi) is 6.48. The number of anilines is 1. The SMILES string of the molecule is CN(CCCNC(=O)CCN1C(=O)[C@H]2CCCC[C@@H]2C1=O)c1ccccc1. The van der Waals surface area contributed by atoms with Gasteiger partial charge in [-0.05, 0) is 31.4 Å². The van der Waals surface area contributed by atoms with Crippen molar-refractivity contribution < 1.29 is 14.4 Å². The van der Waals surface area contributed by atoms with Gasteiger partial charge in [0.1, 0.15) is 0 Å². The number of para-hydroxylation sites is 1. The number of likely N-dealkylation sites (tertiary alicyclic amines) is 1. The molecule has 0 radical (unpaired) electrons. The van der Waals surface area contributed by atoms with Crippen molar-refractivity contribution in [3.63, 3.8) is 0 Å². The first-order valence-corrected chi connectivity index (χ1v) is 9.96. The number of imide groups is 1. The molecule has 6 heteroatoms. The molecule has 0 aromatic heterocycles. The molecule has 2 fully saturated rings. The van der Waals surface area contributed by atoms with Crippen LogP contribution in [0.2, 0.25) is 0 Å². The minimum atomic E-state index is -0.136. The normalized spacial score (nSPS) is 21.9. The summed E-state index contributed by atoms with van der Waals surface area (Å²) < 4.78 is 0. The zero-order valence-corrected chi connectivity index (χ0v) is 16.0. The zero-order chi connectivity index (χ0) is 19.2. The largest absolute Gasteiger partial charge is 0.375 e. The molecule has 1 saturated heterocycles. The average molecular weight is 371 g/mol. The number of hydrogen-bond donors (Lipinski definition) is 1. The third-order valence-electron chi connectivity index (χ3n) is 5.68. The van der Waals surface area contributed by atoms with Crippen LogP contribution in [0.1, 0.15) is 38.5 Å². The summed E-state index contributed by atoms with van der Waals surface area (Å²) in [5.41, 5.74) is 1.15. The fourth-order valence-electron chi connectivity index (χ4n) is 4.11. The number of carbonyl (C=O) groups excluding carboxylic acids is 3. The summed E-state index contributed by atoms with van der Waals surface area (Å²) in [7, 11) is 2.03. The Bertz CT molecular complexity index is 653. The van der Waals surface area contributed by atoms with Crippen molar-refractivity contribution in [2.45, 2.75) is 38.5 Å². The van der Waals surface area contributed by atoms with E-state index in [0.29, 0.717) is 6.54 Å². The molecule has 0 spiro atoms. The second kappa shape index (κ2) is 9.02. The number of amides is 3. The fourth-order valence-corrected chi connectivity index (χ4v) is 4.11. The van der Waals surface area contributed by atoms with Gasteiger partial charge in [-0.2, -0.15) is 0 Å². The maximum Gasteiger partial charge on any atom is 0.233 e. The molecule has 6 nitrogen and oxygen atoms in total. The first-order chi connectivity index (χ1) is 13.1. The Hall–Kier alpha value is -2.37. The lowest BCUT2D eigenvalue weighted by molar-refractivity contribution is -0.140. The van der Waals surface area contributed by atoms with Gasteiger partial charge in [-0.1, -0.05) is 31.0 Å². The molecular weight excluding hydrogens is 342 g/mol. The molecule has 3 amide bonds. The van der Waals surface area contributed by atoms with Crippen molar-refractivity contribution in [3.05, 3.63) is 30.3 Å². The highest BCUT2D eigenvalue weighted by Crippen LogP contribution is 2.37. The van der Waals surface area contributed by atoms with Crippen LogP contribution in [0, 0.1) is 11.8 Å². The predicted molar refractivity (Wildman–Crippen MR) is 104 cm³/mol. The Labute approximate surface area is 160 Å². The zero-order valence-electron chi connectivity index (χ0n) is 16.0. The van der Waals surface area contributed by atoms with Gasteiger partial charge in [0, 0.05) is 38.8 Å². The molecule has 1 aromatic carbocycles. The van der Waals surface area contributed by atoms with Crippen LogP contribution in [0.25, 0.3) is 0 Å². The van der Waals surface area contributed by atoms with Crippen LogP contribution in [-0.4, -0.2) is 49.3 Å². The fraction of sp³-hybridized carbons (Fsp3) is 0.571. The van der Waals surface area contributed by atoms with E-state index < -0.39 is 0 Å². The number of nitrogens with one attached hydrogen (secondary N) is 1. The number of benzene rings is 1. The molecule has 27 heavy (non-hydrogen) atoms. The second-order valence-corrected chi connectivity index (χ2v) is 7.54. The summed E-state index contributed by atoms with van der Waals surface area (Å²) >= 11 is 0. The van der Waals surface area contributed by atoms with E-state index in [9.17, 15) is 14.4 Å². The molecule has 1 aliphatic heterocycles. The first-order valence-electron chi connectivity index (χ1n) is 9.96. The molecule has 1 heterocycles. The average Bonchev–Trinajstić information content (AvgIpc) is 2.94. The molecule has 3 rings (SSSR count). The van der Waals surface area contributed by atoms with Gasteiger partial charge in [0.2, 0.25) is 17.7 Å². The van der Waals surface area contributed by atoms with Gasteiger partial charge >= 0.3 is 0 Å². The Morgan fingerprint density at radius 3 is 2.37 bits per heavy atom. The summed E-state index contributed by atoms with van der Waals surface area (Å²) in [6.45, 7) is 1.64. The number of nitrogens with zero attached hydrogens (tertiary/aromatic N) is 2. The third kappa shape index (κ3) is 4.67. The monoisotopic (exact) mass is 371 g/mol. The van der Waals surface area contributed by atoms with Crippen LogP contribution < -0.4 is 10.2 Å². The van der Waals surface area contributed by atoms with E-state index in [-0.39, 0.29) is 42.5 Å². The highest BCUT2D eigenvalue weighted by molar-refractivity contribution is 6.05. The molecular formula is C21H29N3O3. The Morgan fingerprint density at radius 2 is 1.74 bits per heavy atom. The molecule has 1 aliphatic carbocycles. The number of fused-ring (bicyclic) bond motifs is 1. The summed E-state index contributed by atoms with van der Waals surface area (Å²) in [4.78, 5) is 40.3. The van der Waals surface area contributed by atoms with E-state index >= 15 is 0 Å². The van der Waals surface area contributed by atoms with Gasteiger partial charge in [0.25, 0.3) is 0 Å². The minimum absolute atomic E-state index is 0.0676. The Balaban J connectivity index is 1.35. The van der Waals surface area contributed by atoms with E-state index in [0.717, 1.165) is 44.3 Å². The molecule has 2 atom stereocenters. The molecule has 1 aromatic rings. The van der Waals surface area contributed by atoms with E-state index in [1.54, 1.807) is 0 Å². The van der Waals surface area contributed by atoms with Crippen LogP contribution in [0.15, 0.2) is 30.3 Å². The van der Waals surface area contributed by atoms with Crippen LogP contribution in [-0.2, 0) is 14.4 Å². The van der Waals surface area contributed by atoms with Gasteiger partial charge in [0.05, 0.1) is 11.8 Å². The predicted octanol–water partition coefficient (Wildman–Crippen LogP) is 2.19. The second-order valence-electron chi connectivity index (χ2n) is 7.54. The van der Waals surface area contributed by atoms with Crippen LogP contribution >= 0.6 is 0 Å². The maximum absolute atomic E-state index is 12.4. The quantitative estimate of drug-likeness (QED) is 0.562. The van der Waals surface area contributed by atoms with Gasteiger partial charge in [-0.3, -0.25) is 19.3 Å². The van der Waals surface area contributed by atoms with E-state index in [1.807, 2.05) is 25.2 Å². The van der Waals surface area contributed by atoms with E-state index in [1.165, 1.54) is 4.90 Å². The Morgan fingerprint density at radius 1 is 1.11 bits per heavy atom. The first kappa shape index (κ1) is 19.4. The maximum atomic E-state index is 12.4. The lowest BCUT2D eigenvalue weighted by atomic mass is 9.81. The minimum Gasteiger partial charge on any atom is -0.375 e. The highest BCUT2D eigenvalue weighted by atomic mass is 16.2. The van der Waals surface area contributed by atoms with E-state index in [2.05, 4.69) is 22.3 Å².